The second kappa shape index (κ2) is 5.01. The summed E-state index contributed by atoms with van der Waals surface area (Å²) in [5.74, 6) is 1.55. The van der Waals surface area contributed by atoms with Gasteiger partial charge in [-0.2, -0.15) is 0 Å². The maximum Gasteiger partial charge on any atom is 0.220 e. The lowest BCUT2D eigenvalue weighted by atomic mass is 9.90. The molecule has 16 heavy (non-hydrogen) atoms. The van der Waals surface area contributed by atoms with Gasteiger partial charge in [-0.1, -0.05) is 12.1 Å². The highest BCUT2D eigenvalue weighted by atomic mass is 16.5. The number of hydrogen-bond acceptors (Lipinski definition) is 2. The number of hydrogen-bond donors (Lipinski definition) is 1. The van der Waals surface area contributed by atoms with Gasteiger partial charge >= 0.3 is 0 Å². The summed E-state index contributed by atoms with van der Waals surface area (Å²) in [4.78, 5) is 11.2. The first-order valence-electron chi connectivity index (χ1n) is 5.67. The Hall–Kier alpha value is -1.51. The van der Waals surface area contributed by atoms with Crippen LogP contribution in [0, 0.1) is 5.92 Å². The van der Waals surface area contributed by atoms with Crippen LogP contribution in [0.2, 0.25) is 0 Å². The molecule has 3 heteroatoms. The highest BCUT2D eigenvalue weighted by molar-refractivity contribution is 5.76. The van der Waals surface area contributed by atoms with E-state index >= 15 is 0 Å². The zero-order valence-corrected chi connectivity index (χ0v) is 9.53. The van der Waals surface area contributed by atoms with E-state index in [-0.39, 0.29) is 5.91 Å². The van der Waals surface area contributed by atoms with Crippen LogP contribution >= 0.6 is 0 Å². The lowest BCUT2D eigenvalue weighted by molar-refractivity contribution is -0.123. The van der Waals surface area contributed by atoms with Gasteiger partial charge in [0.15, 0.2) is 0 Å². The van der Waals surface area contributed by atoms with Gasteiger partial charge < -0.3 is 10.1 Å². The predicted octanol–water partition coefficient (Wildman–Crippen LogP) is 1.76. The molecule has 0 saturated carbocycles. The first kappa shape index (κ1) is 11.0. The van der Waals surface area contributed by atoms with Crippen LogP contribution in [-0.2, 0) is 11.2 Å². The third-order valence-electron chi connectivity index (χ3n) is 3.03. The molecule has 0 aliphatic carbocycles. The first-order chi connectivity index (χ1) is 7.78. The third kappa shape index (κ3) is 2.75. The number of carbonyl (C=O) groups excluding carboxylic acids is 1. The molecular weight excluding hydrogens is 202 g/mol. The highest BCUT2D eigenvalue weighted by Crippen LogP contribution is 2.20. The van der Waals surface area contributed by atoms with Crippen molar-refractivity contribution in [3.8, 4) is 5.75 Å². The van der Waals surface area contributed by atoms with Gasteiger partial charge in [0, 0.05) is 13.0 Å². The molecule has 1 amide bonds. The van der Waals surface area contributed by atoms with E-state index in [1.165, 1.54) is 5.56 Å². The Balaban J connectivity index is 1.94. The van der Waals surface area contributed by atoms with Gasteiger partial charge in [-0.25, -0.2) is 0 Å². The van der Waals surface area contributed by atoms with Crippen LogP contribution in [0.3, 0.4) is 0 Å². The minimum atomic E-state index is 0.185. The molecule has 1 N–H and O–H groups in total. The number of rotatable bonds is 3. The van der Waals surface area contributed by atoms with Crippen LogP contribution in [0.1, 0.15) is 18.4 Å². The molecular formula is C13H17NO2. The van der Waals surface area contributed by atoms with Crippen molar-refractivity contribution < 1.29 is 9.53 Å². The Labute approximate surface area is 95.8 Å². The SMILES string of the molecule is COc1ccc(CC2CCNC(=O)C2)cc1. The normalized spacial score (nSPS) is 20.3. The molecule has 1 aromatic rings. The van der Waals surface area contributed by atoms with E-state index in [4.69, 9.17) is 4.74 Å². The van der Waals surface area contributed by atoms with Crippen LogP contribution < -0.4 is 10.1 Å². The van der Waals surface area contributed by atoms with Gasteiger partial charge in [0.05, 0.1) is 7.11 Å². The van der Waals surface area contributed by atoms with E-state index in [1.54, 1.807) is 7.11 Å². The average Bonchev–Trinajstić information content (AvgIpc) is 2.30. The van der Waals surface area contributed by atoms with Crippen molar-refractivity contribution in [3.63, 3.8) is 0 Å². The van der Waals surface area contributed by atoms with Crippen LogP contribution in [0.4, 0.5) is 0 Å². The Morgan fingerprint density at radius 3 is 2.75 bits per heavy atom. The Bertz CT molecular complexity index is 359. The smallest absolute Gasteiger partial charge is 0.220 e. The number of methoxy groups -OCH3 is 1. The molecule has 1 heterocycles. The summed E-state index contributed by atoms with van der Waals surface area (Å²) < 4.78 is 5.11. The molecule has 0 aromatic heterocycles. The number of ether oxygens (including phenoxy) is 1. The number of piperidine rings is 1. The number of amides is 1. The van der Waals surface area contributed by atoms with Gasteiger partial charge in [-0.3, -0.25) is 4.79 Å². The van der Waals surface area contributed by atoms with E-state index in [0.717, 1.165) is 25.1 Å². The van der Waals surface area contributed by atoms with Crippen LogP contribution in [0.25, 0.3) is 0 Å². The monoisotopic (exact) mass is 219 g/mol. The number of benzene rings is 1. The fourth-order valence-electron chi connectivity index (χ4n) is 2.12. The third-order valence-corrected chi connectivity index (χ3v) is 3.03. The summed E-state index contributed by atoms with van der Waals surface area (Å²) in [6, 6.07) is 8.09. The molecule has 1 unspecified atom stereocenters. The first-order valence-corrected chi connectivity index (χ1v) is 5.67. The largest absolute Gasteiger partial charge is 0.497 e. The van der Waals surface area contributed by atoms with Gasteiger partial charge in [0.25, 0.3) is 0 Å². The molecule has 0 radical (unpaired) electrons. The van der Waals surface area contributed by atoms with Gasteiger partial charge in [0.1, 0.15) is 5.75 Å². The molecule has 1 aliphatic heterocycles. The quantitative estimate of drug-likeness (QED) is 0.841. The van der Waals surface area contributed by atoms with Gasteiger partial charge in [-0.05, 0) is 36.5 Å². The summed E-state index contributed by atoms with van der Waals surface area (Å²) in [6.07, 6.45) is 2.72. The molecule has 1 aliphatic rings. The minimum absolute atomic E-state index is 0.185. The molecule has 1 atom stereocenters. The minimum Gasteiger partial charge on any atom is -0.497 e. The van der Waals surface area contributed by atoms with E-state index < -0.39 is 0 Å². The molecule has 2 rings (SSSR count). The van der Waals surface area contributed by atoms with Crippen molar-refractivity contribution in [2.45, 2.75) is 19.3 Å². The fourth-order valence-corrected chi connectivity index (χ4v) is 2.12. The molecule has 1 aromatic carbocycles. The van der Waals surface area contributed by atoms with Crippen molar-refractivity contribution in [3.05, 3.63) is 29.8 Å². The number of carbonyl (C=O) groups is 1. The van der Waals surface area contributed by atoms with Crippen LogP contribution in [0.5, 0.6) is 5.75 Å². The molecule has 1 fully saturated rings. The second-order valence-electron chi connectivity index (χ2n) is 4.26. The van der Waals surface area contributed by atoms with Crippen molar-refractivity contribution in [1.29, 1.82) is 0 Å². The maximum atomic E-state index is 11.2. The van der Waals surface area contributed by atoms with Crippen molar-refractivity contribution >= 4 is 5.91 Å². The Morgan fingerprint density at radius 1 is 1.38 bits per heavy atom. The summed E-state index contributed by atoms with van der Waals surface area (Å²) >= 11 is 0. The van der Waals surface area contributed by atoms with Crippen LogP contribution in [0.15, 0.2) is 24.3 Å². The molecule has 0 spiro atoms. The molecule has 1 saturated heterocycles. The van der Waals surface area contributed by atoms with Gasteiger partial charge in [-0.15, -0.1) is 0 Å². The second-order valence-corrected chi connectivity index (χ2v) is 4.26. The van der Waals surface area contributed by atoms with E-state index in [2.05, 4.69) is 17.4 Å². The fraction of sp³-hybridized carbons (Fsp3) is 0.462. The topological polar surface area (TPSA) is 38.3 Å². The molecule has 0 bridgehead atoms. The lowest BCUT2D eigenvalue weighted by Crippen LogP contribution is -2.34. The standard InChI is InChI=1S/C13H17NO2/c1-16-12-4-2-10(3-5-12)8-11-6-7-14-13(15)9-11/h2-5,11H,6-9H2,1H3,(H,14,15). The maximum absolute atomic E-state index is 11.2. The summed E-state index contributed by atoms with van der Waals surface area (Å²) in [6.45, 7) is 0.819. The zero-order valence-electron chi connectivity index (χ0n) is 9.53. The highest BCUT2D eigenvalue weighted by Gasteiger charge is 2.18. The zero-order chi connectivity index (χ0) is 11.4. The van der Waals surface area contributed by atoms with Gasteiger partial charge in [0.2, 0.25) is 5.91 Å². The Kier molecular flexibility index (Phi) is 3.44. The molecule has 86 valence electrons. The van der Waals surface area contributed by atoms with Crippen molar-refractivity contribution in [2.24, 2.45) is 5.92 Å². The van der Waals surface area contributed by atoms with Crippen LogP contribution in [-0.4, -0.2) is 19.6 Å². The van der Waals surface area contributed by atoms with E-state index in [0.29, 0.717) is 12.3 Å². The summed E-state index contributed by atoms with van der Waals surface area (Å²) in [5, 5.41) is 2.86. The number of nitrogens with one attached hydrogen (secondary N) is 1. The summed E-state index contributed by atoms with van der Waals surface area (Å²) in [7, 11) is 1.67. The van der Waals surface area contributed by atoms with E-state index in [1.807, 2.05) is 12.1 Å². The Morgan fingerprint density at radius 2 is 2.12 bits per heavy atom. The lowest BCUT2D eigenvalue weighted by Gasteiger charge is -2.21. The van der Waals surface area contributed by atoms with Crippen molar-refractivity contribution in [1.82, 2.24) is 5.32 Å². The predicted molar refractivity (Wildman–Crippen MR) is 62.4 cm³/mol. The van der Waals surface area contributed by atoms with E-state index in [9.17, 15) is 4.79 Å². The summed E-state index contributed by atoms with van der Waals surface area (Å²) in [5.41, 5.74) is 1.28. The van der Waals surface area contributed by atoms with Crippen molar-refractivity contribution in [2.75, 3.05) is 13.7 Å². The molecule has 3 nitrogen and oxygen atoms in total. The average molecular weight is 219 g/mol.